The van der Waals surface area contributed by atoms with E-state index in [1.165, 1.54) is 11.3 Å². The second-order valence-electron chi connectivity index (χ2n) is 5.52. The first-order chi connectivity index (χ1) is 13.2. The molecule has 3 heterocycles. The number of thiophene rings is 1. The molecule has 1 amide bonds. The highest BCUT2D eigenvalue weighted by atomic mass is 32.1. The molecular weight excluding hydrogens is 364 g/mol. The van der Waals surface area contributed by atoms with Crippen molar-refractivity contribution in [2.24, 2.45) is 0 Å². The topological polar surface area (TPSA) is 82.2 Å². The number of benzene rings is 1. The monoisotopic (exact) mass is 380 g/mol. The first-order valence-electron chi connectivity index (χ1n) is 8.33. The van der Waals surface area contributed by atoms with E-state index in [9.17, 15) is 4.79 Å². The number of rotatable bonds is 6. The number of hydrogen-bond donors (Lipinski definition) is 1. The van der Waals surface area contributed by atoms with E-state index in [4.69, 9.17) is 9.15 Å². The van der Waals surface area contributed by atoms with Gasteiger partial charge in [-0.25, -0.2) is 4.68 Å². The molecule has 1 aromatic carbocycles. The molecule has 1 N–H and O–H groups in total. The average molecular weight is 380 g/mol. The molecule has 0 spiro atoms. The van der Waals surface area contributed by atoms with Crippen LogP contribution in [0, 0.1) is 0 Å². The van der Waals surface area contributed by atoms with E-state index in [2.05, 4.69) is 15.4 Å². The molecule has 0 unspecified atom stereocenters. The van der Waals surface area contributed by atoms with Crippen molar-refractivity contribution in [2.75, 3.05) is 11.9 Å². The third kappa shape index (κ3) is 3.61. The van der Waals surface area contributed by atoms with Gasteiger partial charge < -0.3 is 14.5 Å². The first-order valence-corrected chi connectivity index (χ1v) is 9.21. The lowest BCUT2D eigenvalue weighted by molar-refractivity contribution is 0.103. The highest BCUT2D eigenvalue weighted by molar-refractivity contribution is 7.12. The Kier molecular flexibility index (Phi) is 4.71. The molecule has 0 saturated heterocycles. The van der Waals surface area contributed by atoms with Crippen LogP contribution in [-0.2, 0) is 0 Å². The van der Waals surface area contributed by atoms with Crippen LogP contribution in [0.1, 0.15) is 16.6 Å². The molecule has 0 atom stereocenters. The van der Waals surface area contributed by atoms with Crippen molar-refractivity contribution in [3.63, 3.8) is 0 Å². The number of hydrogen-bond acceptors (Lipinski definition) is 6. The van der Waals surface area contributed by atoms with E-state index in [0.717, 1.165) is 5.69 Å². The van der Waals surface area contributed by atoms with Crippen molar-refractivity contribution in [1.29, 1.82) is 0 Å². The van der Waals surface area contributed by atoms with Gasteiger partial charge in [-0.15, -0.1) is 16.4 Å². The van der Waals surface area contributed by atoms with E-state index in [1.54, 1.807) is 23.1 Å². The van der Waals surface area contributed by atoms with Gasteiger partial charge in [0.25, 0.3) is 5.91 Å². The van der Waals surface area contributed by atoms with Gasteiger partial charge in [-0.05, 0) is 54.8 Å². The minimum absolute atomic E-state index is 0.131. The Balaban J connectivity index is 1.61. The van der Waals surface area contributed by atoms with Gasteiger partial charge in [-0.1, -0.05) is 6.07 Å². The summed E-state index contributed by atoms with van der Waals surface area (Å²) in [5.41, 5.74) is 1.47. The molecule has 0 aliphatic rings. The lowest BCUT2D eigenvalue weighted by Gasteiger charge is -2.07. The van der Waals surface area contributed by atoms with Gasteiger partial charge in [0.05, 0.1) is 23.4 Å². The standard InChI is InChI=1S/C19H16N4O3S/c1-2-25-19-21-17(15-5-3-11-26-15)23(22-19)14-9-7-13(8-10-14)20-18(24)16-6-4-12-27-16/h3-12H,2H2,1H3,(H,20,24). The summed E-state index contributed by atoms with van der Waals surface area (Å²) in [5.74, 6) is 0.996. The number of aromatic nitrogens is 3. The van der Waals surface area contributed by atoms with Crippen LogP contribution in [0.3, 0.4) is 0 Å². The van der Waals surface area contributed by atoms with Crippen LogP contribution in [0.2, 0.25) is 0 Å². The van der Waals surface area contributed by atoms with Gasteiger partial charge in [0, 0.05) is 5.69 Å². The third-order valence-electron chi connectivity index (χ3n) is 3.72. The zero-order valence-corrected chi connectivity index (χ0v) is 15.3. The molecule has 0 aliphatic heterocycles. The van der Waals surface area contributed by atoms with Crippen molar-refractivity contribution in [1.82, 2.24) is 14.8 Å². The Labute approximate surface area is 159 Å². The fourth-order valence-corrected chi connectivity index (χ4v) is 3.13. The van der Waals surface area contributed by atoms with Gasteiger partial charge in [0.2, 0.25) is 5.82 Å². The van der Waals surface area contributed by atoms with Crippen molar-refractivity contribution in [3.05, 3.63) is 65.1 Å². The fourth-order valence-electron chi connectivity index (χ4n) is 2.52. The number of amides is 1. The Morgan fingerprint density at radius 2 is 2.07 bits per heavy atom. The SMILES string of the molecule is CCOc1nc(-c2ccco2)n(-c2ccc(NC(=O)c3cccs3)cc2)n1. The van der Waals surface area contributed by atoms with Crippen molar-refractivity contribution in [3.8, 4) is 23.3 Å². The van der Waals surface area contributed by atoms with Crippen LogP contribution in [0.15, 0.2) is 64.6 Å². The highest BCUT2D eigenvalue weighted by Gasteiger charge is 2.16. The van der Waals surface area contributed by atoms with Crippen molar-refractivity contribution in [2.45, 2.75) is 6.92 Å². The van der Waals surface area contributed by atoms with Crippen LogP contribution in [0.4, 0.5) is 5.69 Å². The second-order valence-corrected chi connectivity index (χ2v) is 6.47. The molecule has 0 bridgehead atoms. The zero-order chi connectivity index (χ0) is 18.6. The maximum atomic E-state index is 12.2. The lowest BCUT2D eigenvalue weighted by atomic mass is 10.2. The molecule has 136 valence electrons. The van der Waals surface area contributed by atoms with Gasteiger partial charge in [-0.2, -0.15) is 4.98 Å². The Morgan fingerprint density at radius 3 is 2.74 bits per heavy atom. The predicted octanol–water partition coefficient (Wildman–Crippen LogP) is 4.24. The summed E-state index contributed by atoms with van der Waals surface area (Å²) < 4.78 is 12.5. The molecule has 4 rings (SSSR count). The molecule has 7 nitrogen and oxygen atoms in total. The first kappa shape index (κ1) is 17.0. The van der Waals surface area contributed by atoms with E-state index < -0.39 is 0 Å². The number of furan rings is 1. The molecule has 4 aromatic rings. The number of carbonyl (C=O) groups is 1. The molecule has 0 aliphatic carbocycles. The Bertz CT molecular complexity index is 1020. The third-order valence-corrected chi connectivity index (χ3v) is 4.59. The van der Waals surface area contributed by atoms with Crippen LogP contribution < -0.4 is 10.1 Å². The number of nitrogens with zero attached hydrogens (tertiary/aromatic N) is 3. The van der Waals surface area contributed by atoms with E-state index >= 15 is 0 Å². The number of ether oxygens (including phenoxy) is 1. The van der Waals surface area contributed by atoms with Gasteiger partial charge >= 0.3 is 6.01 Å². The molecule has 0 radical (unpaired) electrons. The summed E-state index contributed by atoms with van der Waals surface area (Å²) in [6.07, 6.45) is 1.58. The average Bonchev–Trinajstić information content (AvgIpc) is 3.43. The van der Waals surface area contributed by atoms with Crippen LogP contribution >= 0.6 is 11.3 Å². The second kappa shape index (κ2) is 7.46. The molecule has 0 fully saturated rings. The lowest BCUT2D eigenvalue weighted by Crippen LogP contribution is -2.10. The predicted molar refractivity (Wildman–Crippen MR) is 103 cm³/mol. The Hall–Kier alpha value is -3.39. The summed E-state index contributed by atoms with van der Waals surface area (Å²) >= 11 is 1.40. The maximum absolute atomic E-state index is 12.2. The van der Waals surface area contributed by atoms with Crippen LogP contribution in [0.25, 0.3) is 17.3 Å². The minimum Gasteiger partial charge on any atom is -0.463 e. The molecule has 8 heteroatoms. The fraction of sp³-hybridized carbons (Fsp3) is 0.105. The van der Waals surface area contributed by atoms with Gasteiger partial charge in [0.15, 0.2) is 5.76 Å². The van der Waals surface area contributed by atoms with Crippen LogP contribution in [0.5, 0.6) is 6.01 Å². The summed E-state index contributed by atoms with van der Waals surface area (Å²) in [6, 6.07) is 14.8. The smallest absolute Gasteiger partial charge is 0.336 e. The maximum Gasteiger partial charge on any atom is 0.336 e. The zero-order valence-electron chi connectivity index (χ0n) is 14.5. The number of anilines is 1. The minimum atomic E-state index is -0.131. The quantitative estimate of drug-likeness (QED) is 0.541. The summed E-state index contributed by atoms with van der Waals surface area (Å²) in [7, 11) is 0. The highest BCUT2D eigenvalue weighted by Crippen LogP contribution is 2.25. The normalized spacial score (nSPS) is 10.7. The van der Waals surface area contributed by atoms with Crippen molar-refractivity contribution >= 4 is 22.9 Å². The molecule has 0 saturated carbocycles. The van der Waals surface area contributed by atoms with Gasteiger partial charge in [-0.3, -0.25) is 4.79 Å². The molecule has 3 aromatic heterocycles. The largest absolute Gasteiger partial charge is 0.463 e. The van der Waals surface area contributed by atoms with E-state index in [0.29, 0.717) is 28.8 Å². The van der Waals surface area contributed by atoms with E-state index in [1.807, 2.05) is 48.7 Å². The summed E-state index contributed by atoms with van der Waals surface area (Å²) in [5, 5.41) is 9.14. The number of carbonyl (C=O) groups excluding carboxylic acids is 1. The number of nitrogens with one attached hydrogen (secondary N) is 1. The van der Waals surface area contributed by atoms with Crippen molar-refractivity contribution < 1.29 is 13.9 Å². The van der Waals surface area contributed by atoms with Crippen LogP contribution in [-0.4, -0.2) is 27.3 Å². The summed E-state index contributed by atoms with van der Waals surface area (Å²) in [4.78, 5) is 17.2. The molecule has 27 heavy (non-hydrogen) atoms. The Morgan fingerprint density at radius 1 is 1.22 bits per heavy atom. The van der Waals surface area contributed by atoms with E-state index in [-0.39, 0.29) is 11.9 Å². The van der Waals surface area contributed by atoms with Gasteiger partial charge in [0.1, 0.15) is 0 Å². The molecular formula is C19H16N4O3S. The summed E-state index contributed by atoms with van der Waals surface area (Å²) in [6.45, 7) is 2.34.